The second-order valence-corrected chi connectivity index (χ2v) is 3.62. The normalized spacial score (nSPS) is 9.25. The summed E-state index contributed by atoms with van der Waals surface area (Å²) >= 11 is 0. The molecule has 0 rings (SSSR count). The van der Waals surface area contributed by atoms with E-state index in [4.69, 9.17) is 20.4 Å². The van der Waals surface area contributed by atoms with Crippen molar-refractivity contribution in [1.82, 2.24) is 0 Å². The first-order valence-corrected chi connectivity index (χ1v) is 5.89. The van der Waals surface area contributed by atoms with Crippen LogP contribution in [0, 0.1) is 5.41 Å². The van der Waals surface area contributed by atoms with E-state index in [0.717, 1.165) is 6.08 Å². The van der Waals surface area contributed by atoms with Gasteiger partial charge in [-0.1, -0.05) is 13.5 Å². The smallest absolute Gasteiger partial charge is 0.404 e. The van der Waals surface area contributed by atoms with Crippen molar-refractivity contribution in [1.29, 1.82) is 0 Å². The fourth-order valence-corrected chi connectivity index (χ4v) is 0.628. The minimum Gasteiger partial charge on any atom is -0.478 e. The van der Waals surface area contributed by atoms with Gasteiger partial charge in [0.25, 0.3) is 0 Å². The molecule has 0 aromatic carbocycles. The van der Waals surface area contributed by atoms with E-state index < -0.39 is 17.5 Å². The summed E-state index contributed by atoms with van der Waals surface area (Å²) < 4.78 is 4.18. The summed E-state index contributed by atoms with van der Waals surface area (Å²) in [5.41, 5.74) is 3.88. The molecule has 0 atom stereocenters. The number of carboxylic acids is 1. The average Bonchev–Trinajstić information content (AvgIpc) is 2.43. The Morgan fingerprint density at radius 3 is 1.55 bits per heavy atom. The van der Waals surface area contributed by atoms with Crippen molar-refractivity contribution in [2.24, 2.45) is 11.1 Å². The molecule has 8 nitrogen and oxygen atoms in total. The van der Waals surface area contributed by atoms with Gasteiger partial charge in [-0.05, 0) is 13.3 Å². The van der Waals surface area contributed by atoms with E-state index >= 15 is 0 Å². The molecule has 0 aliphatic heterocycles. The summed E-state index contributed by atoms with van der Waals surface area (Å²) in [6.07, 6.45) is 0.716. The predicted octanol–water partition coefficient (Wildman–Crippen LogP) is -0.282. The van der Waals surface area contributed by atoms with Gasteiger partial charge >= 0.3 is 12.1 Å². The van der Waals surface area contributed by atoms with Gasteiger partial charge in [0, 0.05) is 11.5 Å². The van der Waals surface area contributed by atoms with Gasteiger partial charge in [-0.15, -0.1) is 0 Å². The second-order valence-electron chi connectivity index (χ2n) is 3.62. The van der Waals surface area contributed by atoms with Crippen LogP contribution >= 0.6 is 0 Å². The molecule has 0 aromatic rings. The lowest BCUT2D eigenvalue weighted by Gasteiger charge is -2.24. The van der Waals surface area contributed by atoms with Crippen LogP contribution in [0.3, 0.4) is 0 Å². The lowest BCUT2D eigenvalue weighted by molar-refractivity contribution is -0.131. The van der Waals surface area contributed by atoms with Crippen molar-refractivity contribution in [2.45, 2.75) is 20.3 Å². The first kappa shape index (κ1) is 23.5. The number of carbonyl (C=O) groups excluding carboxylic acids is 1. The van der Waals surface area contributed by atoms with Crippen LogP contribution in [0.2, 0.25) is 0 Å². The Balaban J connectivity index is -0.000000230. The summed E-state index contributed by atoms with van der Waals surface area (Å²) in [4.78, 5) is 18.8. The average molecular weight is 295 g/mol. The molecule has 6 N–H and O–H groups in total. The molecule has 0 aliphatic rings. The molecule has 8 heteroatoms. The Bertz CT molecular complexity index is 247. The number of nitrogens with two attached hydrogens (primary N) is 1. The van der Waals surface area contributed by atoms with Crippen molar-refractivity contribution < 1.29 is 34.8 Å². The molecule has 0 saturated heterocycles. The summed E-state index contributed by atoms with van der Waals surface area (Å²) in [5, 5.41) is 33.6. The molecular weight excluding hydrogens is 270 g/mol. The fourth-order valence-electron chi connectivity index (χ4n) is 0.628. The largest absolute Gasteiger partial charge is 0.478 e. The highest BCUT2D eigenvalue weighted by Crippen LogP contribution is 2.18. The lowest BCUT2D eigenvalue weighted by atomic mass is 9.88. The Morgan fingerprint density at radius 2 is 1.55 bits per heavy atom. The molecule has 0 saturated carbocycles. The van der Waals surface area contributed by atoms with Crippen LogP contribution in [0.25, 0.3) is 0 Å². The highest BCUT2D eigenvalue weighted by atomic mass is 16.5. The molecular formula is C12H25NO7. The number of hydrogen-bond donors (Lipinski definition) is 5. The van der Waals surface area contributed by atoms with Gasteiger partial charge in [0.1, 0.15) is 0 Å². The maximum Gasteiger partial charge on any atom is 0.404 e. The number of carbonyl (C=O) groups is 2. The Labute approximate surface area is 118 Å². The first-order valence-electron chi connectivity index (χ1n) is 5.89. The van der Waals surface area contributed by atoms with E-state index in [1.54, 1.807) is 6.92 Å². The second kappa shape index (κ2) is 15.4. The molecule has 20 heavy (non-hydrogen) atoms. The van der Waals surface area contributed by atoms with Gasteiger partial charge in [0.05, 0.1) is 26.4 Å². The van der Waals surface area contributed by atoms with Crippen molar-refractivity contribution in [3.63, 3.8) is 0 Å². The highest BCUT2D eigenvalue weighted by Gasteiger charge is 2.24. The SMILES string of the molecule is C=CC(=O)O.CCC(CO)(CO)CO.CCOC(N)=O. The number of amides is 1. The molecule has 0 bridgehead atoms. The summed E-state index contributed by atoms with van der Waals surface area (Å²) in [5.74, 6) is -0.981. The zero-order chi connectivity index (χ0) is 16.6. The van der Waals surface area contributed by atoms with Crippen LogP contribution < -0.4 is 5.73 Å². The topological polar surface area (TPSA) is 150 Å². The van der Waals surface area contributed by atoms with E-state index in [9.17, 15) is 9.59 Å². The molecule has 0 heterocycles. The van der Waals surface area contributed by atoms with Gasteiger partial charge in [0.15, 0.2) is 0 Å². The third-order valence-corrected chi connectivity index (χ3v) is 2.22. The summed E-state index contributed by atoms with van der Waals surface area (Å²) in [6.45, 7) is 6.37. The van der Waals surface area contributed by atoms with Gasteiger partial charge in [-0.25, -0.2) is 9.59 Å². The predicted molar refractivity (Wildman–Crippen MR) is 73.0 cm³/mol. The van der Waals surface area contributed by atoms with E-state index in [0.29, 0.717) is 13.0 Å². The van der Waals surface area contributed by atoms with Crippen LogP contribution in [0.1, 0.15) is 20.3 Å². The minimum absolute atomic E-state index is 0.156. The van der Waals surface area contributed by atoms with Gasteiger partial charge in [-0.2, -0.15) is 0 Å². The number of rotatable bonds is 6. The quantitative estimate of drug-likeness (QED) is 0.423. The Morgan fingerprint density at radius 1 is 1.20 bits per heavy atom. The molecule has 0 unspecified atom stereocenters. The van der Waals surface area contributed by atoms with Crippen molar-refractivity contribution in [2.75, 3.05) is 26.4 Å². The van der Waals surface area contributed by atoms with Crippen LogP contribution in [-0.4, -0.2) is 58.9 Å². The number of ether oxygens (including phenoxy) is 1. The third-order valence-electron chi connectivity index (χ3n) is 2.22. The maximum atomic E-state index is 9.60. The van der Waals surface area contributed by atoms with Gasteiger partial charge < -0.3 is 30.9 Å². The van der Waals surface area contributed by atoms with Crippen LogP contribution in [0.4, 0.5) is 4.79 Å². The minimum atomic E-state index is -0.981. The van der Waals surface area contributed by atoms with E-state index in [-0.39, 0.29) is 19.8 Å². The summed E-state index contributed by atoms with van der Waals surface area (Å²) in [7, 11) is 0. The fraction of sp³-hybridized carbons (Fsp3) is 0.667. The van der Waals surface area contributed by atoms with Crippen LogP contribution in [0.15, 0.2) is 12.7 Å². The van der Waals surface area contributed by atoms with E-state index in [1.807, 2.05) is 6.92 Å². The Hall–Kier alpha value is -1.64. The number of carboxylic acid groups (broad SMARTS) is 1. The van der Waals surface area contributed by atoms with Crippen LogP contribution in [0.5, 0.6) is 0 Å². The number of aliphatic hydroxyl groups excluding tert-OH is 3. The number of hydrogen-bond acceptors (Lipinski definition) is 6. The van der Waals surface area contributed by atoms with Gasteiger partial charge in [-0.3, -0.25) is 0 Å². The number of aliphatic hydroxyl groups is 3. The molecule has 0 fully saturated rings. The van der Waals surface area contributed by atoms with Crippen LogP contribution in [-0.2, 0) is 9.53 Å². The zero-order valence-corrected chi connectivity index (χ0v) is 11.9. The van der Waals surface area contributed by atoms with Gasteiger partial charge in [0.2, 0.25) is 0 Å². The van der Waals surface area contributed by atoms with E-state index in [1.165, 1.54) is 0 Å². The molecule has 120 valence electrons. The summed E-state index contributed by atoms with van der Waals surface area (Å²) in [6, 6.07) is 0. The molecule has 0 radical (unpaired) electrons. The molecule has 0 aliphatic carbocycles. The van der Waals surface area contributed by atoms with E-state index in [2.05, 4.69) is 17.0 Å². The first-order chi connectivity index (χ1) is 9.28. The number of aliphatic carboxylic acids is 1. The third kappa shape index (κ3) is 16.4. The lowest BCUT2D eigenvalue weighted by Crippen LogP contribution is -2.32. The molecule has 0 spiro atoms. The molecule has 0 aromatic heterocycles. The van der Waals surface area contributed by atoms with Crippen molar-refractivity contribution >= 4 is 12.1 Å². The molecule has 1 amide bonds. The Kier molecular flexibility index (Phi) is 18.1. The standard InChI is InChI=1S/C6H14O3.C3H7NO2.C3H4O2/c1-2-6(3-7,4-8)5-9;1-2-6-3(4)5;1-2-3(4)5/h7-9H,2-5H2,1H3;2H2,1H3,(H2,4,5);2H,1H2,(H,4,5). The van der Waals surface area contributed by atoms with Crippen molar-refractivity contribution in [3.8, 4) is 0 Å². The van der Waals surface area contributed by atoms with Crippen molar-refractivity contribution in [3.05, 3.63) is 12.7 Å². The zero-order valence-electron chi connectivity index (χ0n) is 11.9. The number of primary amides is 1. The monoisotopic (exact) mass is 295 g/mol. The highest BCUT2D eigenvalue weighted by molar-refractivity contribution is 5.78. The maximum absolute atomic E-state index is 9.60.